The van der Waals surface area contributed by atoms with Crippen LogP contribution in [0.2, 0.25) is 0 Å². The summed E-state index contributed by atoms with van der Waals surface area (Å²) in [7, 11) is 0. The van der Waals surface area contributed by atoms with Crippen molar-refractivity contribution in [2.75, 3.05) is 0 Å². The van der Waals surface area contributed by atoms with Gasteiger partial charge in [0.15, 0.2) is 5.84 Å². The first kappa shape index (κ1) is 14.4. The highest BCUT2D eigenvalue weighted by Gasteiger charge is 2.21. The fraction of sp³-hybridized carbons (Fsp3) is 0. The number of hydrogen-bond acceptors (Lipinski definition) is 3. The average molecular weight is 310 g/mol. The summed E-state index contributed by atoms with van der Waals surface area (Å²) < 4.78 is 0. The number of nitrogens with one attached hydrogen (secondary N) is 1. The molecule has 24 heavy (non-hydrogen) atoms. The van der Waals surface area contributed by atoms with Crippen LogP contribution in [0, 0.1) is 6.17 Å². The zero-order valence-electron chi connectivity index (χ0n) is 13.1. The predicted molar refractivity (Wildman–Crippen MR) is 97.9 cm³/mol. The van der Waals surface area contributed by atoms with Crippen molar-refractivity contribution in [2.24, 2.45) is 9.98 Å². The Bertz CT molecular complexity index is 869. The molecule has 0 unspecified atom stereocenters. The van der Waals surface area contributed by atoms with E-state index in [-0.39, 0.29) is 0 Å². The standard InChI is InChI=1S/C21H16N3/c1-4-10-16(11-5-1)19-22-20(17-12-6-2-7-13-17)24-21(23-19)18-14-8-3-9-15-18/h1-15H,(H,22,23,24). The molecule has 115 valence electrons. The van der Waals surface area contributed by atoms with Crippen LogP contribution in [0.15, 0.2) is 101 Å². The number of benzene rings is 3. The van der Waals surface area contributed by atoms with E-state index in [0.717, 1.165) is 28.7 Å². The van der Waals surface area contributed by atoms with Crippen molar-refractivity contribution in [2.45, 2.75) is 0 Å². The van der Waals surface area contributed by atoms with Crippen LogP contribution in [0.4, 0.5) is 0 Å². The molecule has 0 spiro atoms. The van der Waals surface area contributed by atoms with Crippen molar-refractivity contribution < 1.29 is 0 Å². The van der Waals surface area contributed by atoms with Gasteiger partial charge in [-0.25, -0.2) is 9.98 Å². The van der Waals surface area contributed by atoms with Gasteiger partial charge in [-0.15, -0.1) is 0 Å². The minimum Gasteiger partial charge on any atom is -0.338 e. The summed E-state index contributed by atoms with van der Waals surface area (Å²) in [4.78, 5) is 9.47. The number of rotatable bonds is 3. The van der Waals surface area contributed by atoms with E-state index in [1.54, 1.807) is 0 Å². The molecule has 0 atom stereocenters. The molecule has 1 heterocycles. The molecule has 3 aromatic carbocycles. The Morgan fingerprint density at radius 1 is 0.500 bits per heavy atom. The smallest absolute Gasteiger partial charge is 0.207 e. The van der Waals surface area contributed by atoms with Crippen molar-refractivity contribution in [1.82, 2.24) is 5.32 Å². The zero-order valence-corrected chi connectivity index (χ0v) is 13.1. The predicted octanol–water partition coefficient (Wildman–Crippen LogP) is 4.02. The molecule has 0 aromatic heterocycles. The molecule has 1 radical (unpaired) electrons. The highest BCUT2D eigenvalue weighted by atomic mass is 15.2. The molecule has 1 aliphatic heterocycles. The summed E-state index contributed by atoms with van der Waals surface area (Å²) in [5.41, 5.74) is 3.07. The summed E-state index contributed by atoms with van der Waals surface area (Å²) in [5.74, 6) is 1.52. The lowest BCUT2D eigenvalue weighted by Gasteiger charge is -2.22. The van der Waals surface area contributed by atoms with Crippen molar-refractivity contribution in [3.8, 4) is 0 Å². The van der Waals surface area contributed by atoms with Crippen molar-refractivity contribution >= 4 is 11.7 Å². The third-order valence-corrected chi connectivity index (χ3v) is 3.80. The van der Waals surface area contributed by atoms with E-state index >= 15 is 0 Å². The quantitative estimate of drug-likeness (QED) is 0.779. The summed E-state index contributed by atoms with van der Waals surface area (Å²) in [6, 6.07) is 30.3. The maximum Gasteiger partial charge on any atom is 0.207 e. The van der Waals surface area contributed by atoms with Crippen molar-refractivity contribution in [1.29, 1.82) is 0 Å². The first-order valence-corrected chi connectivity index (χ1v) is 7.88. The molecule has 3 nitrogen and oxygen atoms in total. The van der Waals surface area contributed by atoms with Crippen LogP contribution in [-0.2, 0) is 0 Å². The van der Waals surface area contributed by atoms with Gasteiger partial charge in [-0.2, -0.15) is 0 Å². The van der Waals surface area contributed by atoms with Gasteiger partial charge in [-0.05, 0) is 0 Å². The molecule has 3 aromatic rings. The summed E-state index contributed by atoms with van der Waals surface area (Å²) in [6.07, 6.45) is 0.809. The Morgan fingerprint density at radius 2 is 1.00 bits per heavy atom. The molecule has 0 amide bonds. The van der Waals surface area contributed by atoms with E-state index in [1.165, 1.54) is 0 Å². The summed E-state index contributed by atoms with van der Waals surface area (Å²) >= 11 is 0. The van der Waals surface area contributed by atoms with Gasteiger partial charge in [0.25, 0.3) is 0 Å². The maximum atomic E-state index is 4.73. The van der Waals surface area contributed by atoms with E-state index in [2.05, 4.69) is 5.32 Å². The van der Waals surface area contributed by atoms with Gasteiger partial charge in [0.1, 0.15) is 5.84 Å². The number of amidine groups is 2. The largest absolute Gasteiger partial charge is 0.338 e. The minimum absolute atomic E-state index is 0.715. The van der Waals surface area contributed by atoms with Gasteiger partial charge in [0.2, 0.25) is 6.17 Å². The SMILES string of the molecule is c1ccc([C]2N=C(c3ccccc3)N=C(c3ccccc3)N2)cc1. The van der Waals surface area contributed by atoms with E-state index in [1.807, 2.05) is 91.0 Å². The van der Waals surface area contributed by atoms with Gasteiger partial charge in [0.05, 0.1) is 0 Å². The molecule has 0 bridgehead atoms. The van der Waals surface area contributed by atoms with Crippen LogP contribution in [0.1, 0.15) is 16.7 Å². The lowest BCUT2D eigenvalue weighted by atomic mass is 10.1. The van der Waals surface area contributed by atoms with Crippen molar-refractivity contribution in [3.63, 3.8) is 0 Å². The first-order chi connectivity index (χ1) is 11.9. The second kappa shape index (κ2) is 6.50. The van der Waals surface area contributed by atoms with E-state index in [4.69, 9.17) is 9.98 Å². The highest BCUT2D eigenvalue weighted by Crippen LogP contribution is 2.20. The molecular formula is C21H16N3. The molecule has 1 N–H and O–H groups in total. The molecule has 3 heteroatoms. The van der Waals surface area contributed by atoms with Gasteiger partial charge in [-0.1, -0.05) is 91.0 Å². The number of hydrogen-bond donors (Lipinski definition) is 1. The second-order valence-corrected chi connectivity index (χ2v) is 5.47. The van der Waals surface area contributed by atoms with Crippen LogP contribution >= 0.6 is 0 Å². The lowest BCUT2D eigenvalue weighted by molar-refractivity contribution is 0.902. The average Bonchev–Trinajstić information content (AvgIpc) is 2.70. The third kappa shape index (κ3) is 2.97. The van der Waals surface area contributed by atoms with Crippen LogP contribution in [-0.4, -0.2) is 11.7 Å². The van der Waals surface area contributed by atoms with E-state index in [0.29, 0.717) is 5.84 Å². The van der Waals surface area contributed by atoms with Gasteiger partial charge in [-0.3, -0.25) is 0 Å². The lowest BCUT2D eigenvalue weighted by Crippen LogP contribution is -2.34. The van der Waals surface area contributed by atoms with Crippen LogP contribution in [0.5, 0.6) is 0 Å². The topological polar surface area (TPSA) is 36.8 Å². The molecular weight excluding hydrogens is 294 g/mol. The molecule has 4 rings (SSSR count). The van der Waals surface area contributed by atoms with Crippen LogP contribution in [0.25, 0.3) is 0 Å². The minimum atomic E-state index is 0.715. The van der Waals surface area contributed by atoms with Crippen LogP contribution in [0.3, 0.4) is 0 Å². The third-order valence-electron chi connectivity index (χ3n) is 3.80. The maximum absolute atomic E-state index is 4.73. The Hall–Kier alpha value is -3.20. The summed E-state index contributed by atoms with van der Waals surface area (Å²) in [5, 5.41) is 3.36. The Labute approximate surface area is 141 Å². The normalized spacial score (nSPS) is 14.5. The summed E-state index contributed by atoms with van der Waals surface area (Å²) in [6.45, 7) is 0. The highest BCUT2D eigenvalue weighted by molar-refractivity contribution is 6.13. The molecule has 0 saturated heterocycles. The monoisotopic (exact) mass is 310 g/mol. The molecule has 0 fully saturated rings. The van der Waals surface area contributed by atoms with Crippen LogP contribution < -0.4 is 5.32 Å². The van der Waals surface area contributed by atoms with E-state index < -0.39 is 0 Å². The Balaban J connectivity index is 1.79. The molecule has 1 aliphatic rings. The molecule has 0 saturated carbocycles. The fourth-order valence-electron chi connectivity index (χ4n) is 2.59. The van der Waals surface area contributed by atoms with Gasteiger partial charge < -0.3 is 5.32 Å². The number of nitrogens with zero attached hydrogens (tertiary/aromatic N) is 2. The zero-order chi connectivity index (χ0) is 16.2. The Morgan fingerprint density at radius 3 is 1.58 bits per heavy atom. The fourth-order valence-corrected chi connectivity index (χ4v) is 2.59. The van der Waals surface area contributed by atoms with Gasteiger partial charge in [0, 0.05) is 16.7 Å². The first-order valence-electron chi connectivity index (χ1n) is 7.88. The second-order valence-electron chi connectivity index (χ2n) is 5.47. The Kier molecular flexibility index (Phi) is 3.90. The van der Waals surface area contributed by atoms with Crippen molar-refractivity contribution in [3.05, 3.63) is 114 Å². The van der Waals surface area contributed by atoms with E-state index in [9.17, 15) is 0 Å². The van der Waals surface area contributed by atoms with Gasteiger partial charge >= 0.3 is 0 Å². The number of aliphatic imine (C=N–C) groups is 2. The molecule has 0 aliphatic carbocycles.